The zero-order valence-electron chi connectivity index (χ0n) is 18.8. The molecule has 1 aliphatic carbocycles. The number of alkyl halides is 6. The number of nitrogens with one attached hydrogen (secondary N) is 3. The molecule has 0 atom stereocenters. The molecule has 36 heavy (non-hydrogen) atoms. The molecular weight excluding hydrogens is 514 g/mol. The standard InChI is InChI=1S/C22H24F6N4O3S/c23-21(24,25)16-5-8-18(22(26,27)28)19(10-16)36(34,35)31-13-14-3-6-17(7-4-14)32-20(33)30-12-15-2-1-9-29-11-15/h1-2,5,8-11,14,17,31H,3-4,6-7,12-13H2,(H2,30,32,33)/t14-,17-. The van der Waals surface area contributed by atoms with Gasteiger partial charge in [-0.3, -0.25) is 4.98 Å². The van der Waals surface area contributed by atoms with Crippen molar-refractivity contribution in [2.24, 2.45) is 5.92 Å². The van der Waals surface area contributed by atoms with Crippen molar-refractivity contribution in [2.75, 3.05) is 6.54 Å². The third kappa shape index (κ3) is 7.56. The van der Waals surface area contributed by atoms with Gasteiger partial charge in [0.05, 0.1) is 16.0 Å². The number of hydrogen-bond donors (Lipinski definition) is 3. The van der Waals surface area contributed by atoms with Crippen molar-refractivity contribution in [3.8, 4) is 0 Å². The van der Waals surface area contributed by atoms with Crippen molar-refractivity contribution in [3.63, 3.8) is 0 Å². The average molecular weight is 539 g/mol. The van der Waals surface area contributed by atoms with Crippen LogP contribution >= 0.6 is 0 Å². The van der Waals surface area contributed by atoms with E-state index in [1.807, 2.05) is 4.72 Å². The van der Waals surface area contributed by atoms with Crippen LogP contribution < -0.4 is 15.4 Å². The number of pyridine rings is 1. The summed E-state index contributed by atoms with van der Waals surface area (Å²) in [4.78, 5) is 14.6. The first-order chi connectivity index (χ1) is 16.8. The molecule has 198 valence electrons. The molecule has 1 fully saturated rings. The van der Waals surface area contributed by atoms with Crippen LogP contribution in [0.15, 0.2) is 47.6 Å². The van der Waals surface area contributed by atoms with Crippen molar-refractivity contribution in [1.29, 1.82) is 0 Å². The quantitative estimate of drug-likeness (QED) is 0.454. The highest BCUT2D eigenvalue weighted by Crippen LogP contribution is 2.38. The fourth-order valence-electron chi connectivity index (χ4n) is 3.89. The Morgan fingerprint density at radius 1 is 1.00 bits per heavy atom. The molecule has 0 radical (unpaired) electrons. The second kappa shape index (κ2) is 11.0. The Labute approximate surface area is 203 Å². The summed E-state index contributed by atoms with van der Waals surface area (Å²) < 4.78 is 106. The summed E-state index contributed by atoms with van der Waals surface area (Å²) in [5, 5.41) is 5.51. The fourth-order valence-corrected chi connectivity index (χ4v) is 5.26. The molecule has 0 spiro atoms. The van der Waals surface area contributed by atoms with Gasteiger partial charge in [-0.05, 0) is 61.4 Å². The lowest BCUT2D eigenvalue weighted by molar-refractivity contribution is -0.143. The highest BCUT2D eigenvalue weighted by atomic mass is 32.2. The van der Waals surface area contributed by atoms with Gasteiger partial charge in [0.15, 0.2) is 0 Å². The second-order valence-corrected chi connectivity index (χ2v) is 10.2. The van der Waals surface area contributed by atoms with Gasteiger partial charge in [0.1, 0.15) is 0 Å². The molecule has 1 aromatic carbocycles. The van der Waals surface area contributed by atoms with Crippen LogP contribution in [0.3, 0.4) is 0 Å². The number of amides is 2. The van der Waals surface area contributed by atoms with E-state index in [0.29, 0.717) is 25.7 Å². The van der Waals surface area contributed by atoms with Gasteiger partial charge < -0.3 is 10.6 Å². The van der Waals surface area contributed by atoms with Gasteiger partial charge in [-0.1, -0.05) is 6.07 Å². The summed E-state index contributed by atoms with van der Waals surface area (Å²) in [6, 6.07) is 3.30. The van der Waals surface area contributed by atoms with Gasteiger partial charge >= 0.3 is 18.4 Å². The topological polar surface area (TPSA) is 100 Å². The van der Waals surface area contributed by atoms with Crippen LogP contribution in [0.5, 0.6) is 0 Å². The minimum absolute atomic E-state index is 0.00387. The van der Waals surface area contributed by atoms with Crippen molar-refractivity contribution < 1.29 is 39.6 Å². The molecule has 3 N–H and O–H groups in total. The predicted octanol–water partition coefficient (Wildman–Crippen LogP) is 4.46. The minimum Gasteiger partial charge on any atom is -0.335 e. The molecule has 0 saturated heterocycles. The Morgan fingerprint density at radius 2 is 1.69 bits per heavy atom. The third-order valence-corrected chi connectivity index (χ3v) is 7.29. The van der Waals surface area contributed by atoms with Gasteiger partial charge in [0.2, 0.25) is 10.0 Å². The van der Waals surface area contributed by atoms with Crippen LogP contribution in [0.2, 0.25) is 0 Å². The Hall–Kier alpha value is -2.87. The number of sulfonamides is 1. The summed E-state index contributed by atoms with van der Waals surface area (Å²) in [6.45, 7) is 0.0437. The smallest absolute Gasteiger partial charge is 0.335 e. The number of benzene rings is 1. The summed E-state index contributed by atoms with van der Waals surface area (Å²) in [5.41, 5.74) is -2.35. The normalized spacial score (nSPS) is 19.1. The number of halogens is 6. The zero-order chi connectivity index (χ0) is 26.6. The molecule has 1 heterocycles. The van der Waals surface area contributed by atoms with E-state index in [1.54, 1.807) is 24.5 Å². The molecule has 1 aromatic heterocycles. The van der Waals surface area contributed by atoms with Gasteiger partial charge in [0.25, 0.3) is 0 Å². The average Bonchev–Trinajstić information content (AvgIpc) is 2.81. The van der Waals surface area contributed by atoms with Crippen LogP contribution in [0.1, 0.15) is 42.4 Å². The highest BCUT2D eigenvalue weighted by molar-refractivity contribution is 7.89. The second-order valence-electron chi connectivity index (χ2n) is 8.46. The van der Waals surface area contributed by atoms with Gasteiger partial charge in [-0.2, -0.15) is 26.3 Å². The monoisotopic (exact) mass is 538 g/mol. The summed E-state index contributed by atoms with van der Waals surface area (Å²) >= 11 is 0. The summed E-state index contributed by atoms with van der Waals surface area (Å²) in [6.07, 6.45) is -5.01. The number of carbonyl (C=O) groups excluding carboxylic acids is 1. The maximum Gasteiger partial charge on any atom is 0.417 e. The van der Waals surface area contributed by atoms with Crippen molar-refractivity contribution in [2.45, 2.75) is 55.5 Å². The van der Waals surface area contributed by atoms with E-state index in [0.717, 1.165) is 5.56 Å². The van der Waals surface area contributed by atoms with E-state index in [9.17, 15) is 39.6 Å². The number of aromatic nitrogens is 1. The van der Waals surface area contributed by atoms with E-state index in [2.05, 4.69) is 15.6 Å². The Balaban J connectivity index is 1.55. The molecule has 2 aromatic rings. The van der Waals surface area contributed by atoms with E-state index < -0.39 is 38.4 Å². The molecule has 14 heteroatoms. The first kappa shape index (κ1) is 27.7. The van der Waals surface area contributed by atoms with Crippen LogP contribution in [0.4, 0.5) is 31.1 Å². The molecule has 0 bridgehead atoms. The van der Waals surface area contributed by atoms with E-state index in [1.165, 1.54) is 0 Å². The SMILES string of the molecule is O=C(NCc1cccnc1)N[C@H]1CC[C@H](CNS(=O)(=O)c2cc(C(F)(F)F)ccc2C(F)(F)F)CC1. The van der Waals surface area contributed by atoms with Gasteiger partial charge in [-0.25, -0.2) is 17.9 Å². The minimum atomic E-state index is -5.16. The summed E-state index contributed by atoms with van der Waals surface area (Å²) in [5.74, 6) is -0.253. The van der Waals surface area contributed by atoms with E-state index in [-0.39, 0.29) is 49.3 Å². The maximum absolute atomic E-state index is 13.3. The molecule has 7 nitrogen and oxygen atoms in total. The number of urea groups is 1. The van der Waals surface area contributed by atoms with Crippen molar-refractivity contribution >= 4 is 16.1 Å². The molecule has 0 aliphatic heterocycles. The Kier molecular flexibility index (Phi) is 8.49. The Bertz CT molecular complexity index is 1150. The molecule has 2 amide bonds. The van der Waals surface area contributed by atoms with Crippen molar-refractivity contribution in [3.05, 3.63) is 59.4 Å². The lowest BCUT2D eigenvalue weighted by atomic mass is 9.86. The van der Waals surface area contributed by atoms with Gasteiger partial charge in [-0.15, -0.1) is 0 Å². The highest BCUT2D eigenvalue weighted by Gasteiger charge is 2.40. The number of rotatable bonds is 7. The van der Waals surface area contributed by atoms with Gasteiger partial charge in [0, 0.05) is 31.5 Å². The van der Waals surface area contributed by atoms with Crippen LogP contribution in [-0.2, 0) is 28.9 Å². The van der Waals surface area contributed by atoms with E-state index >= 15 is 0 Å². The van der Waals surface area contributed by atoms with Crippen LogP contribution in [0, 0.1) is 5.92 Å². The number of carbonyl (C=O) groups is 1. The molecule has 3 rings (SSSR count). The van der Waals surface area contributed by atoms with E-state index in [4.69, 9.17) is 0 Å². The first-order valence-corrected chi connectivity index (χ1v) is 12.5. The van der Waals surface area contributed by atoms with Crippen LogP contribution in [-0.4, -0.2) is 32.0 Å². The molecule has 1 saturated carbocycles. The summed E-state index contributed by atoms with van der Waals surface area (Å²) in [7, 11) is -4.88. The maximum atomic E-state index is 13.3. The van der Waals surface area contributed by atoms with Crippen molar-refractivity contribution in [1.82, 2.24) is 20.3 Å². The van der Waals surface area contributed by atoms with Crippen LogP contribution in [0.25, 0.3) is 0 Å². The zero-order valence-corrected chi connectivity index (χ0v) is 19.6. The number of nitrogens with zero attached hydrogens (tertiary/aromatic N) is 1. The first-order valence-electron chi connectivity index (χ1n) is 11.0. The lowest BCUT2D eigenvalue weighted by Gasteiger charge is -2.29. The fraction of sp³-hybridized carbons (Fsp3) is 0.455. The molecule has 0 unspecified atom stereocenters. The lowest BCUT2D eigenvalue weighted by Crippen LogP contribution is -2.44. The molecular formula is C22H24F6N4O3S. The third-order valence-electron chi connectivity index (χ3n) is 5.82. The number of hydrogen-bond acceptors (Lipinski definition) is 4. The Morgan fingerprint density at radius 3 is 2.28 bits per heavy atom. The largest absolute Gasteiger partial charge is 0.417 e. The molecule has 1 aliphatic rings. The predicted molar refractivity (Wildman–Crippen MR) is 117 cm³/mol.